The Morgan fingerprint density at radius 3 is 2.71 bits per heavy atom. The van der Waals surface area contributed by atoms with Crippen molar-refractivity contribution in [3.8, 4) is 0 Å². The first-order chi connectivity index (χ1) is 6.68. The molecule has 1 rings (SSSR count). The van der Waals surface area contributed by atoms with Gasteiger partial charge in [0.05, 0.1) is 17.4 Å². The first-order valence-corrected chi connectivity index (χ1v) is 4.49. The number of anilines is 1. The van der Waals surface area contributed by atoms with E-state index in [1.807, 2.05) is 0 Å². The topological polar surface area (TPSA) is 75.1 Å². The maximum Gasteiger partial charge on any atom is 0.303 e. The van der Waals surface area contributed by atoms with Crippen LogP contribution in [0.3, 0.4) is 0 Å². The Kier molecular flexibility index (Phi) is 4.12. The molecule has 0 bridgehead atoms. The Morgan fingerprint density at radius 2 is 2.14 bits per heavy atom. The molecule has 6 heteroatoms. The Bertz CT molecular complexity index is 302. The molecule has 0 unspecified atom stereocenters. The number of aromatic nitrogens is 2. The summed E-state index contributed by atoms with van der Waals surface area (Å²) in [6, 6.07) is 0. The quantitative estimate of drug-likeness (QED) is 0.727. The minimum atomic E-state index is -0.802. The van der Waals surface area contributed by atoms with Gasteiger partial charge in [-0.2, -0.15) is 0 Å². The molecule has 0 aliphatic heterocycles. The predicted octanol–water partition coefficient (Wildman–Crippen LogP) is 1.41. The van der Waals surface area contributed by atoms with Gasteiger partial charge in [-0.3, -0.25) is 4.79 Å². The van der Waals surface area contributed by atoms with Crippen molar-refractivity contribution in [3.63, 3.8) is 0 Å². The van der Waals surface area contributed by atoms with Crippen LogP contribution in [0.5, 0.6) is 0 Å². The molecule has 0 saturated heterocycles. The van der Waals surface area contributed by atoms with Crippen LogP contribution in [0.25, 0.3) is 0 Å². The number of carboxylic acid groups (broad SMARTS) is 1. The first-order valence-electron chi connectivity index (χ1n) is 4.11. The Balaban J connectivity index is 2.25. The van der Waals surface area contributed by atoms with E-state index in [-0.39, 0.29) is 6.42 Å². The largest absolute Gasteiger partial charge is 0.481 e. The molecule has 76 valence electrons. The van der Waals surface area contributed by atoms with E-state index in [1.54, 1.807) is 0 Å². The van der Waals surface area contributed by atoms with E-state index in [4.69, 9.17) is 16.7 Å². The summed E-state index contributed by atoms with van der Waals surface area (Å²) in [6.45, 7) is 0.536. The summed E-state index contributed by atoms with van der Waals surface area (Å²) in [5, 5.41) is 11.7. The molecular formula is C8H10ClN3O2. The fraction of sp³-hybridized carbons (Fsp3) is 0.375. The second-order valence-electron chi connectivity index (χ2n) is 2.65. The van der Waals surface area contributed by atoms with Gasteiger partial charge in [0.1, 0.15) is 0 Å². The Labute approximate surface area is 86.1 Å². The van der Waals surface area contributed by atoms with E-state index in [0.29, 0.717) is 23.9 Å². The third kappa shape index (κ3) is 4.04. The number of hydrogen-bond acceptors (Lipinski definition) is 4. The number of aliphatic carboxylic acids is 1. The number of hydrogen-bond donors (Lipinski definition) is 2. The summed E-state index contributed by atoms with van der Waals surface area (Å²) in [6.07, 6.45) is 3.64. The van der Waals surface area contributed by atoms with Crippen LogP contribution in [0.15, 0.2) is 12.4 Å². The van der Waals surface area contributed by atoms with Gasteiger partial charge in [0.2, 0.25) is 5.95 Å². The average Bonchev–Trinajstić information content (AvgIpc) is 2.15. The zero-order valence-corrected chi connectivity index (χ0v) is 8.16. The molecule has 1 aromatic rings. The zero-order valence-electron chi connectivity index (χ0n) is 7.40. The summed E-state index contributed by atoms with van der Waals surface area (Å²) in [5.74, 6) is -0.344. The van der Waals surface area contributed by atoms with Gasteiger partial charge in [-0.1, -0.05) is 11.6 Å². The molecule has 5 nitrogen and oxygen atoms in total. The number of rotatable bonds is 5. The van der Waals surface area contributed by atoms with Crippen molar-refractivity contribution in [2.75, 3.05) is 11.9 Å². The molecule has 0 saturated carbocycles. The van der Waals surface area contributed by atoms with E-state index in [2.05, 4.69) is 15.3 Å². The van der Waals surface area contributed by atoms with Crippen LogP contribution >= 0.6 is 11.6 Å². The summed E-state index contributed by atoms with van der Waals surface area (Å²) >= 11 is 5.58. The smallest absolute Gasteiger partial charge is 0.303 e. The second-order valence-corrected chi connectivity index (χ2v) is 3.09. The van der Waals surface area contributed by atoms with Crippen LogP contribution in [0, 0.1) is 0 Å². The van der Waals surface area contributed by atoms with Gasteiger partial charge in [0.25, 0.3) is 0 Å². The molecule has 0 radical (unpaired) electrons. The minimum Gasteiger partial charge on any atom is -0.481 e. The minimum absolute atomic E-state index is 0.139. The highest BCUT2D eigenvalue weighted by Crippen LogP contribution is 2.05. The molecular weight excluding hydrogens is 206 g/mol. The van der Waals surface area contributed by atoms with E-state index in [1.165, 1.54) is 12.4 Å². The summed E-state index contributed by atoms with van der Waals surface area (Å²) in [5.41, 5.74) is 0. The van der Waals surface area contributed by atoms with Crippen molar-refractivity contribution in [1.82, 2.24) is 9.97 Å². The maximum atomic E-state index is 10.2. The van der Waals surface area contributed by atoms with Gasteiger partial charge in [0, 0.05) is 13.0 Å². The normalized spacial score (nSPS) is 9.79. The zero-order chi connectivity index (χ0) is 10.4. The van der Waals surface area contributed by atoms with Crippen LogP contribution in [-0.2, 0) is 4.79 Å². The van der Waals surface area contributed by atoms with E-state index in [0.717, 1.165) is 0 Å². The lowest BCUT2D eigenvalue weighted by atomic mass is 10.3. The fourth-order valence-corrected chi connectivity index (χ4v) is 0.941. The molecule has 0 aromatic carbocycles. The first kappa shape index (κ1) is 10.7. The number of halogens is 1. The SMILES string of the molecule is O=C(O)CCCNc1ncc(Cl)cn1. The van der Waals surface area contributed by atoms with Crippen molar-refractivity contribution >= 4 is 23.5 Å². The number of carbonyl (C=O) groups is 1. The average molecular weight is 216 g/mol. The Morgan fingerprint density at radius 1 is 1.50 bits per heavy atom. The number of nitrogens with zero attached hydrogens (tertiary/aromatic N) is 2. The van der Waals surface area contributed by atoms with E-state index in [9.17, 15) is 4.79 Å². The van der Waals surface area contributed by atoms with Gasteiger partial charge >= 0.3 is 5.97 Å². The maximum absolute atomic E-state index is 10.2. The molecule has 0 fully saturated rings. The monoisotopic (exact) mass is 215 g/mol. The lowest BCUT2D eigenvalue weighted by Gasteiger charge is -2.02. The van der Waals surface area contributed by atoms with Gasteiger partial charge < -0.3 is 10.4 Å². The van der Waals surface area contributed by atoms with Gasteiger partial charge in [0.15, 0.2) is 0 Å². The van der Waals surface area contributed by atoms with E-state index >= 15 is 0 Å². The van der Waals surface area contributed by atoms with Crippen molar-refractivity contribution < 1.29 is 9.90 Å². The lowest BCUT2D eigenvalue weighted by molar-refractivity contribution is -0.137. The van der Waals surface area contributed by atoms with Gasteiger partial charge in [-0.05, 0) is 6.42 Å². The fourth-order valence-electron chi connectivity index (χ4n) is 0.843. The highest BCUT2D eigenvalue weighted by atomic mass is 35.5. The molecule has 2 N–H and O–H groups in total. The van der Waals surface area contributed by atoms with Crippen molar-refractivity contribution in [3.05, 3.63) is 17.4 Å². The summed E-state index contributed by atoms with van der Waals surface area (Å²) < 4.78 is 0. The summed E-state index contributed by atoms with van der Waals surface area (Å²) in [7, 11) is 0. The third-order valence-electron chi connectivity index (χ3n) is 1.47. The highest BCUT2D eigenvalue weighted by Gasteiger charge is 1.97. The van der Waals surface area contributed by atoms with Gasteiger partial charge in [-0.15, -0.1) is 0 Å². The molecule has 0 aliphatic carbocycles. The molecule has 0 atom stereocenters. The lowest BCUT2D eigenvalue weighted by Crippen LogP contribution is -2.07. The van der Waals surface area contributed by atoms with E-state index < -0.39 is 5.97 Å². The molecule has 0 aliphatic rings. The van der Waals surface area contributed by atoms with Crippen LogP contribution in [0.2, 0.25) is 5.02 Å². The standard InChI is InChI=1S/C8H10ClN3O2/c9-6-4-11-8(12-5-6)10-3-1-2-7(13)14/h4-5H,1-3H2,(H,13,14)(H,10,11,12). The highest BCUT2D eigenvalue weighted by molar-refractivity contribution is 6.30. The number of nitrogens with one attached hydrogen (secondary N) is 1. The number of carboxylic acids is 1. The van der Waals surface area contributed by atoms with Gasteiger partial charge in [-0.25, -0.2) is 9.97 Å². The molecule has 1 aromatic heterocycles. The summed E-state index contributed by atoms with van der Waals surface area (Å²) in [4.78, 5) is 18.0. The van der Waals surface area contributed by atoms with Crippen LogP contribution in [-0.4, -0.2) is 27.6 Å². The molecule has 1 heterocycles. The van der Waals surface area contributed by atoms with Crippen LogP contribution in [0.4, 0.5) is 5.95 Å². The van der Waals surface area contributed by atoms with Crippen LogP contribution in [0.1, 0.15) is 12.8 Å². The Hall–Kier alpha value is -1.36. The second kappa shape index (κ2) is 5.39. The molecule has 14 heavy (non-hydrogen) atoms. The molecule has 0 amide bonds. The van der Waals surface area contributed by atoms with Crippen LogP contribution < -0.4 is 5.32 Å². The van der Waals surface area contributed by atoms with Crippen molar-refractivity contribution in [2.24, 2.45) is 0 Å². The van der Waals surface area contributed by atoms with Crippen molar-refractivity contribution in [1.29, 1.82) is 0 Å². The third-order valence-corrected chi connectivity index (χ3v) is 1.67. The molecule has 0 spiro atoms. The predicted molar refractivity (Wildman–Crippen MR) is 52.4 cm³/mol. The van der Waals surface area contributed by atoms with Crippen molar-refractivity contribution in [2.45, 2.75) is 12.8 Å².